The molecule has 1 heterocycles. The van der Waals surface area contributed by atoms with Crippen molar-refractivity contribution >= 4 is 15.8 Å². The Labute approximate surface area is 243 Å². The lowest BCUT2D eigenvalue weighted by atomic mass is 9.32. The lowest BCUT2D eigenvalue weighted by molar-refractivity contribution is -0.173. The number of aliphatic hydroxyl groups is 2. The molecule has 3 fully saturated rings. The number of ketones is 1. The predicted octanol–water partition coefficient (Wildman–Crippen LogP) is 4.35. The van der Waals surface area contributed by atoms with Gasteiger partial charge in [-0.15, -0.1) is 0 Å². The zero-order chi connectivity index (χ0) is 29.5. The van der Waals surface area contributed by atoms with Crippen molar-refractivity contribution in [1.29, 1.82) is 0 Å². The van der Waals surface area contributed by atoms with Crippen molar-refractivity contribution in [3.8, 4) is 0 Å². The highest BCUT2D eigenvalue weighted by molar-refractivity contribution is 7.88. The molecule has 0 aliphatic heterocycles. The third kappa shape index (κ3) is 3.98. The molecule has 3 saturated carbocycles. The van der Waals surface area contributed by atoms with Crippen molar-refractivity contribution in [1.82, 2.24) is 4.31 Å². The average molecular weight is 588 g/mol. The summed E-state index contributed by atoms with van der Waals surface area (Å²) in [4.78, 5) is 14.2. The fraction of sp³-hybridized carbons (Fsp3) is 0.719. The number of furan rings is 1. The Balaban J connectivity index is 1.45. The number of Topliss-reactive ketones (excluding diaryl/α,β-unsaturated/α-hetero) is 1. The minimum Gasteiger partial charge on any atom is -0.461 e. The van der Waals surface area contributed by atoms with Crippen LogP contribution in [0.15, 0.2) is 46.6 Å². The SMILES string of the molecule is COCCCN(C[C@]1(O)CC[C@H]2[C@]34C=C[C@@]5(C=C3C(=O)c3ccco3)CC(O)CC[C@]5(C)[C@H]4CC[C@@]21C)S(C)(=O)=O. The van der Waals surface area contributed by atoms with Crippen LogP contribution in [0.5, 0.6) is 0 Å². The van der Waals surface area contributed by atoms with Crippen molar-refractivity contribution in [3.05, 3.63) is 48.0 Å². The van der Waals surface area contributed by atoms with E-state index in [0.717, 1.165) is 31.3 Å². The molecule has 2 bridgehead atoms. The number of nitrogens with zero attached hydrogens (tertiary/aromatic N) is 1. The Hall–Kier alpha value is -1.78. The Bertz CT molecular complexity index is 1370. The number of carbonyl (C=O) groups is 1. The molecule has 6 aliphatic carbocycles. The van der Waals surface area contributed by atoms with Crippen molar-refractivity contribution in [2.24, 2.45) is 33.5 Å². The van der Waals surface area contributed by atoms with E-state index < -0.39 is 38.0 Å². The molecule has 9 heteroatoms. The molecule has 1 unspecified atom stereocenters. The van der Waals surface area contributed by atoms with E-state index >= 15 is 0 Å². The molecule has 2 spiro atoms. The van der Waals surface area contributed by atoms with Gasteiger partial charge < -0.3 is 19.4 Å². The number of aliphatic hydroxyl groups excluding tert-OH is 1. The number of sulfonamides is 1. The van der Waals surface area contributed by atoms with Gasteiger partial charge in [-0.2, -0.15) is 4.31 Å². The van der Waals surface area contributed by atoms with Crippen molar-refractivity contribution in [2.45, 2.75) is 76.9 Å². The van der Waals surface area contributed by atoms with Gasteiger partial charge in [0.1, 0.15) is 0 Å². The molecule has 8 atom stereocenters. The topological polar surface area (TPSA) is 117 Å². The third-order valence-corrected chi connectivity index (χ3v) is 13.6. The molecule has 226 valence electrons. The van der Waals surface area contributed by atoms with E-state index in [4.69, 9.17) is 9.15 Å². The van der Waals surface area contributed by atoms with Crippen LogP contribution in [-0.2, 0) is 14.8 Å². The third-order valence-electron chi connectivity index (χ3n) is 12.4. The number of allylic oxidation sites excluding steroid dienone is 4. The molecule has 1 aromatic heterocycles. The van der Waals surface area contributed by atoms with E-state index in [2.05, 4.69) is 32.1 Å². The minimum atomic E-state index is -3.56. The quantitative estimate of drug-likeness (QED) is 0.251. The number of ether oxygens (including phenoxy) is 1. The molecule has 7 rings (SSSR count). The van der Waals surface area contributed by atoms with Gasteiger partial charge in [0.05, 0.1) is 24.2 Å². The summed E-state index contributed by atoms with van der Waals surface area (Å²) in [6.07, 6.45) is 14.5. The van der Waals surface area contributed by atoms with Crippen LogP contribution in [0.4, 0.5) is 0 Å². The number of fused-ring (bicyclic) bond motifs is 1. The zero-order valence-corrected chi connectivity index (χ0v) is 25.6. The average Bonchev–Trinajstić information content (AvgIpc) is 3.54. The summed E-state index contributed by atoms with van der Waals surface area (Å²) in [5, 5.41) is 23.3. The molecular formula is C32H45NO7S. The standard InChI is InChI=1S/C32H45NO7S/c1-28-11-8-22(34)19-30(28)14-15-32(23(20-30)27(35)24-7-5-18-40-24)25(28)9-12-29(2)26(32)10-13-31(29,36)21-33(41(4,37)38)16-6-17-39-3/h5,7,14-15,18,20,22,25-26,34,36H,6,8-13,16-17,19,21H2,1-4H3/t22?,25-,26-,28-,29+,30+,31-,32-/m1/s1. The summed E-state index contributed by atoms with van der Waals surface area (Å²) in [5.74, 6) is 0.298. The van der Waals surface area contributed by atoms with Crippen molar-refractivity contribution in [3.63, 3.8) is 0 Å². The van der Waals surface area contributed by atoms with E-state index in [-0.39, 0.29) is 36.1 Å². The number of hydrogen-bond donors (Lipinski definition) is 2. The second-order valence-corrected chi connectivity index (χ2v) is 16.0. The van der Waals surface area contributed by atoms with E-state index in [1.165, 1.54) is 16.8 Å². The zero-order valence-electron chi connectivity index (χ0n) is 24.8. The van der Waals surface area contributed by atoms with E-state index in [1.807, 2.05) is 0 Å². The highest BCUT2D eigenvalue weighted by atomic mass is 32.2. The maximum Gasteiger partial charge on any atom is 0.224 e. The van der Waals surface area contributed by atoms with Crippen LogP contribution < -0.4 is 0 Å². The first-order chi connectivity index (χ1) is 19.3. The van der Waals surface area contributed by atoms with Crippen LogP contribution in [0.2, 0.25) is 0 Å². The molecule has 6 aliphatic rings. The first-order valence-corrected chi connectivity index (χ1v) is 17.0. The molecule has 0 aromatic carbocycles. The van der Waals surface area contributed by atoms with Gasteiger partial charge in [0.25, 0.3) is 0 Å². The molecule has 1 aromatic rings. The van der Waals surface area contributed by atoms with Gasteiger partial charge in [-0.05, 0) is 80.8 Å². The summed E-state index contributed by atoms with van der Waals surface area (Å²) >= 11 is 0. The highest BCUT2D eigenvalue weighted by Crippen LogP contribution is 2.78. The van der Waals surface area contributed by atoms with Crippen LogP contribution in [-0.4, -0.2) is 73.5 Å². The summed E-state index contributed by atoms with van der Waals surface area (Å²) in [5.41, 5.74) is -2.27. The maximum atomic E-state index is 14.2. The first kappa shape index (κ1) is 29.3. The Kier molecular flexibility index (Phi) is 6.87. The van der Waals surface area contributed by atoms with Gasteiger partial charge in [0, 0.05) is 48.6 Å². The van der Waals surface area contributed by atoms with Crippen LogP contribution in [0.3, 0.4) is 0 Å². The van der Waals surface area contributed by atoms with Crippen molar-refractivity contribution < 1.29 is 32.6 Å². The van der Waals surface area contributed by atoms with Crippen LogP contribution >= 0.6 is 0 Å². The second kappa shape index (κ2) is 9.61. The molecule has 2 N–H and O–H groups in total. The lowest BCUT2D eigenvalue weighted by Crippen LogP contribution is -2.67. The summed E-state index contributed by atoms with van der Waals surface area (Å²) in [6, 6.07) is 3.44. The second-order valence-electron chi connectivity index (χ2n) is 14.1. The Morgan fingerprint density at radius 3 is 2.51 bits per heavy atom. The molecule has 0 saturated heterocycles. The van der Waals surface area contributed by atoms with Crippen molar-refractivity contribution in [2.75, 3.05) is 33.1 Å². The number of carbonyl (C=O) groups excluding carboxylic acids is 1. The Morgan fingerprint density at radius 2 is 1.83 bits per heavy atom. The van der Waals surface area contributed by atoms with Gasteiger partial charge in [-0.3, -0.25) is 4.79 Å². The number of hydrogen-bond acceptors (Lipinski definition) is 7. The lowest BCUT2D eigenvalue weighted by Gasteiger charge is -2.71. The summed E-state index contributed by atoms with van der Waals surface area (Å²) < 4.78 is 37.9. The summed E-state index contributed by atoms with van der Waals surface area (Å²) in [6.45, 7) is 5.23. The number of rotatable bonds is 9. The smallest absolute Gasteiger partial charge is 0.224 e. The maximum absolute atomic E-state index is 14.2. The minimum absolute atomic E-state index is 0.0333. The largest absolute Gasteiger partial charge is 0.461 e. The van der Waals surface area contributed by atoms with E-state index in [1.54, 1.807) is 19.2 Å². The van der Waals surface area contributed by atoms with Gasteiger partial charge in [0.15, 0.2) is 5.76 Å². The predicted molar refractivity (Wildman–Crippen MR) is 155 cm³/mol. The van der Waals surface area contributed by atoms with Crippen LogP contribution in [0.1, 0.15) is 75.8 Å². The fourth-order valence-electron chi connectivity index (χ4n) is 10.2. The normalized spacial score (nSPS) is 43.0. The molecule has 0 amide bonds. The Morgan fingerprint density at radius 1 is 1.12 bits per heavy atom. The molecule has 41 heavy (non-hydrogen) atoms. The van der Waals surface area contributed by atoms with Gasteiger partial charge >= 0.3 is 0 Å². The van der Waals surface area contributed by atoms with E-state index in [9.17, 15) is 23.4 Å². The molecule has 0 radical (unpaired) electrons. The highest BCUT2D eigenvalue weighted by Gasteiger charge is 2.74. The van der Waals surface area contributed by atoms with Crippen LogP contribution in [0, 0.1) is 33.5 Å². The van der Waals surface area contributed by atoms with Gasteiger partial charge in [-0.1, -0.05) is 32.1 Å². The molecular weight excluding hydrogens is 542 g/mol. The monoisotopic (exact) mass is 587 g/mol. The van der Waals surface area contributed by atoms with Crippen LogP contribution in [0.25, 0.3) is 0 Å². The number of methoxy groups -OCH3 is 1. The fourth-order valence-corrected chi connectivity index (χ4v) is 11.1. The van der Waals surface area contributed by atoms with Gasteiger partial charge in [0.2, 0.25) is 15.8 Å². The molecule has 8 nitrogen and oxygen atoms in total. The first-order valence-electron chi connectivity index (χ1n) is 15.1. The van der Waals surface area contributed by atoms with E-state index in [0.29, 0.717) is 38.1 Å². The van der Waals surface area contributed by atoms with Gasteiger partial charge in [-0.25, -0.2) is 8.42 Å². The summed E-state index contributed by atoms with van der Waals surface area (Å²) in [7, 11) is -1.96.